The molecule has 0 heterocycles. The van der Waals surface area contributed by atoms with Crippen LogP contribution in [0.1, 0.15) is 37.0 Å². The Hall–Kier alpha value is -2.29. The monoisotopic (exact) mass is 298 g/mol. The zero-order chi connectivity index (χ0) is 16.2. The Morgan fingerprint density at radius 1 is 1.14 bits per heavy atom. The normalized spacial score (nSPS) is 11.2. The van der Waals surface area contributed by atoms with Crippen molar-refractivity contribution < 1.29 is 14.6 Å². The van der Waals surface area contributed by atoms with E-state index in [9.17, 15) is 4.79 Å². The average molecular weight is 298 g/mol. The second kappa shape index (κ2) is 6.65. The first-order valence-corrected chi connectivity index (χ1v) is 7.38. The molecule has 0 amide bonds. The van der Waals surface area contributed by atoms with Gasteiger partial charge in [-0.1, -0.05) is 56.3 Å². The Morgan fingerprint density at radius 3 is 2.45 bits per heavy atom. The number of rotatable bonds is 6. The van der Waals surface area contributed by atoms with Gasteiger partial charge in [0.15, 0.2) is 0 Å². The zero-order valence-corrected chi connectivity index (χ0v) is 13.3. The second-order valence-corrected chi connectivity index (χ2v) is 6.21. The van der Waals surface area contributed by atoms with E-state index >= 15 is 0 Å². The predicted octanol–water partition coefficient (Wildman–Crippen LogP) is 4.33. The van der Waals surface area contributed by atoms with Crippen LogP contribution in [0.2, 0.25) is 0 Å². The molecule has 0 saturated carbocycles. The fourth-order valence-electron chi connectivity index (χ4n) is 2.39. The lowest BCUT2D eigenvalue weighted by Gasteiger charge is -2.24. The van der Waals surface area contributed by atoms with E-state index < -0.39 is 11.4 Å². The van der Waals surface area contributed by atoms with Crippen molar-refractivity contribution in [2.24, 2.45) is 0 Å². The van der Waals surface area contributed by atoms with Crippen LogP contribution in [0.5, 0.6) is 5.75 Å². The third kappa shape index (κ3) is 4.10. The fraction of sp³-hybridized carbons (Fsp3) is 0.316. The molecule has 3 nitrogen and oxygen atoms in total. The summed E-state index contributed by atoms with van der Waals surface area (Å²) in [7, 11) is 0. The van der Waals surface area contributed by atoms with Crippen molar-refractivity contribution in [2.45, 2.75) is 39.2 Å². The Bertz CT molecular complexity index is 645. The van der Waals surface area contributed by atoms with Crippen LogP contribution < -0.4 is 4.74 Å². The molecule has 0 aliphatic carbocycles. The molecule has 0 spiro atoms. The molecule has 2 aromatic rings. The Kier molecular flexibility index (Phi) is 4.86. The van der Waals surface area contributed by atoms with Crippen molar-refractivity contribution in [2.75, 3.05) is 0 Å². The standard InChI is InChI=1S/C19H22O3/c1-14-9-10-16(19(2,3)12-18(20)21)11-17(14)22-13-15-7-5-4-6-8-15/h4-11H,12-13H2,1-3H3,(H,20,21). The second-order valence-electron chi connectivity index (χ2n) is 6.21. The molecular weight excluding hydrogens is 276 g/mol. The summed E-state index contributed by atoms with van der Waals surface area (Å²) in [5.41, 5.74) is 2.70. The minimum absolute atomic E-state index is 0.0915. The van der Waals surface area contributed by atoms with Crippen LogP contribution >= 0.6 is 0 Å². The Morgan fingerprint density at radius 2 is 1.82 bits per heavy atom. The maximum Gasteiger partial charge on any atom is 0.304 e. The van der Waals surface area contributed by atoms with E-state index in [1.165, 1.54) is 0 Å². The molecule has 0 radical (unpaired) electrons. The van der Waals surface area contributed by atoms with Gasteiger partial charge in [0.05, 0.1) is 6.42 Å². The average Bonchev–Trinajstić information content (AvgIpc) is 2.46. The van der Waals surface area contributed by atoms with Crippen molar-refractivity contribution in [1.29, 1.82) is 0 Å². The first kappa shape index (κ1) is 16.1. The number of aryl methyl sites for hydroxylation is 1. The molecule has 0 aliphatic heterocycles. The van der Waals surface area contributed by atoms with E-state index in [0.717, 1.165) is 22.4 Å². The van der Waals surface area contributed by atoms with Crippen LogP contribution in [-0.2, 0) is 16.8 Å². The number of ether oxygens (including phenoxy) is 1. The van der Waals surface area contributed by atoms with Gasteiger partial charge in [-0.25, -0.2) is 0 Å². The smallest absolute Gasteiger partial charge is 0.304 e. The zero-order valence-electron chi connectivity index (χ0n) is 13.3. The summed E-state index contributed by atoms with van der Waals surface area (Å²) in [5, 5.41) is 9.06. The van der Waals surface area contributed by atoms with Crippen LogP contribution in [0.3, 0.4) is 0 Å². The summed E-state index contributed by atoms with van der Waals surface area (Å²) in [6, 6.07) is 15.9. The SMILES string of the molecule is Cc1ccc(C(C)(C)CC(=O)O)cc1OCc1ccccc1. The molecule has 0 fully saturated rings. The highest BCUT2D eigenvalue weighted by Gasteiger charge is 2.24. The van der Waals surface area contributed by atoms with Crippen LogP contribution in [0.15, 0.2) is 48.5 Å². The highest BCUT2D eigenvalue weighted by atomic mass is 16.5. The van der Waals surface area contributed by atoms with E-state index in [1.54, 1.807) is 0 Å². The van der Waals surface area contributed by atoms with Gasteiger partial charge in [0.2, 0.25) is 0 Å². The number of carbonyl (C=O) groups is 1. The number of hydrogen-bond donors (Lipinski definition) is 1. The molecule has 2 rings (SSSR count). The molecule has 0 bridgehead atoms. The van der Waals surface area contributed by atoms with Gasteiger partial charge in [0.1, 0.15) is 12.4 Å². The summed E-state index contributed by atoms with van der Waals surface area (Å²) in [4.78, 5) is 11.0. The van der Waals surface area contributed by atoms with Gasteiger partial charge in [-0.2, -0.15) is 0 Å². The molecule has 3 heteroatoms. The molecular formula is C19H22O3. The van der Waals surface area contributed by atoms with E-state index in [4.69, 9.17) is 9.84 Å². The van der Waals surface area contributed by atoms with Gasteiger partial charge >= 0.3 is 5.97 Å². The van der Waals surface area contributed by atoms with Crippen LogP contribution in [0.25, 0.3) is 0 Å². The topological polar surface area (TPSA) is 46.5 Å². The van der Waals surface area contributed by atoms with Gasteiger partial charge < -0.3 is 9.84 Å². The number of aliphatic carboxylic acids is 1. The molecule has 0 saturated heterocycles. The third-order valence-electron chi connectivity index (χ3n) is 3.80. The van der Waals surface area contributed by atoms with Gasteiger partial charge in [0.25, 0.3) is 0 Å². The molecule has 0 atom stereocenters. The lowest BCUT2D eigenvalue weighted by molar-refractivity contribution is -0.138. The summed E-state index contributed by atoms with van der Waals surface area (Å²) in [6.07, 6.45) is 0.0915. The minimum Gasteiger partial charge on any atom is -0.489 e. The minimum atomic E-state index is -0.794. The van der Waals surface area contributed by atoms with Crippen molar-refractivity contribution in [3.8, 4) is 5.75 Å². The van der Waals surface area contributed by atoms with E-state index in [-0.39, 0.29) is 6.42 Å². The van der Waals surface area contributed by atoms with Crippen LogP contribution in [0, 0.1) is 6.92 Å². The number of benzene rings is 2. The molecule has 22 heavy (non-hydrogen) atoms. The maximum absolute atomic E-state index is 11.0. The number of carboxylic acids is 1. The van der Waals surface area contributed by atoms with Gasteiger partial charge in [-0.15, -0.1) is 0 Å². The molecule has 1 N–H and O–H groups in total. The summed E-state index contributed by atoms with van der Waals surface area (Å²) >= 11 is 0. The highest BCUT2D eigenvalue weighted by molar-refractivity contribution is 5.69. The lowest BCUT2D eigenvalue weighted by Crippen LogP contribution is -2.21. The fourth-order valence-corrected chi connectivity index (χ4v) is 2.39. The molecule has 2 aromatic carbocycles. The van der Waals surface area contributed by atoms with Crippen molar-refractivity contribution in [1.82, 2.24) is 0 Å². The van der Waals surface area contributed by atoms with Crippen molar-refractivity contribution >= 4 is 5.97 Å². The number of hydrogen-bond acceptors (Lipinski definition) is 2. The molecule has 116 valence electrons. The van der Waals surface area contributed by atoms with E-state index in [1.807, 2.05) is 69.3 Å². The third-order valence-corrected chi connectivity index (χ3v) is 3.80. The molecule has 0 aromatic heterocycles. The van der Waals surface area contributed by atoms with Gasteiger partial charge in [-0.3, -0.25) is 4.79 Å². The van der Waals surface area contributed by atoms with Crippen LogP contribution in [-0.4, -0.2) is 11.1 Å². The molecule has 0 unspecified atom stereocenters. The van der Waals surface area contributed by atoms with Gasteiger partial charge in [-0.05, 0) is 29.7 Å². The summed E-state index contributed by atoms with van der Waals surface area (Å²) in [6.45, 7) is 6.37. The summed E-state index contributed by atoms with van der Waals surface area (Å²) < 4.78 is 5.92. The first-order chi connectivity index (χ1) is 10.4. The largest absolute Gasteiger partial charge is 0.489 e. The Labute approximate surface area is 131 Å². The van der Waals surface area contributed by atoms with Gasteiger partial charge in [0, 0.05) is 5.41 Å². The Balaban J connectivity index is 2.18. The molecule has 0 aliphatic rings. The van der Waals surface area contributed by atoms with E-state index in [0.29, 0.717) is 6.61 Å². The van der Waals surface area contributed by atoms with Crippen molar-refractivity contribution in [3.63, 3.8) is 0 Å². The number of carboxylic acid groups (broad SMARTS) is 1. The predicted molar refractivity (Wildman–Crippen MR) is 87.2 cm³/mol. The first-order valence-electron chi connectivity index (χ1n) is 7.38. The van der Waals surface area contributed by atoms with Crippen molar-refractivity contribution in [3.05, 3.63) is 65.2 Å². The quantitative estimate of drug-likeness (QED) is 0.863. The van der Waals surface area contributed by atoms with Crippen LogP contribution in [0.4, 0.5) is 0 Å². The summed E-state index contributed by atoms with van der Waals surface area (Å²) in [5.74, 6) is 0.0112. The van der Waals surface area contributed by atoms with E-state index in [2.05, 4.69) is 0 Å². The highest BCUT2D eigenvalue weighted by Crippen LogP contribution is 2.31. The maximum atomic E-state index is 11.0. The lowest BCUT2D eigenvalue weighted by atomic mass is 9.81.